The molecule has 28 heavy (non-hydrogen) atoms. The maximum Gasteiger partial charge on any atom is 0.269 e. The molecule has 7 nitrogen and oxygen atoms in total. The standard InChI is InChI=1S/C21H29N3O4/c1-2-3-6-17(25)24-11-9-21(10-12-24)8-7-16-18(21)19(23-28-16)20(26)22-14-15-5-4-13-27-15/h4-5,13,16,18H,2-3,6-12,14H2,1H3,(H,22,26)/t16-,18+/m0/s1. The van der Waals surface area contributed by atoms with E-state index in [9.17, 15) is 9.59 Å². The number of piperidine rings is 1. The van der Waals surface area contributed by atoms with Crippen molar-refractivity contribution in [1.82, 2.24) is 10.2 Å². The molecular formula is C21H29N3O4. The van der Waals surface area contributed by atoms with E-state index in [0.717, 1.165) is 51.6 Å². The van der Waals surface area contributed by atoms with Gasteiger partial charge in [0.15, 0.2) is 5.71 Å². The molecule has 1 aromatic rings. The van der Waals surface area contributed by atoms with Gasteiger partial charge >= 0.3 is 0 Å². The lowest BCUT2D eigenvalue weighted by Crippen LogP contribution is -2.49. The van der Waals surface area contributed by atoms with E-state index >= 15 is 0 Å². The topological polar surface area (TPSA) is 84.1 Å². The van der Waals surface area contributed by atoms with Gasteiger partial charge in [0.05, 0.1) is 18.7 Å². The first-order valence-corrected chi connectivity index (χ1v) is 10.4. The molecule has 0 radical (unpaired) electrons. The number of hydrogen-bond acceptors (Lipinski definition) is 5. The number of fused-ring (bicyclic) bond motifs is 2. The second-order valence-corrected chi connectivity index (χ2v) is 8.25. The van der Waals surface area contributed by atoms with Gasteiger partial charge in [0.1, 0.15) is 11.9 Å². The highest BCUT2D eigenvalue weighted by Gasteiger charge is 2.57. The van der Waals surface area contributed by atoms with Gasteiger partial charge in [0.2, 0.25) is 5.91 Å². The van der Waals surface area contributed by atoms with Crippen molar-refractivity contribution >= 4 is 17.5 Å². The summed E-state index contributed by atoms with van der Waals surface area (Å²) in [4.78, 5) is 32.8. The van der Waals surface area contributed by atoms with Gasteiger partial charge < -0.3 is 19.5 Å². The number of rotatable bonds is 6. The highest BCUT2D eigenvalue weighted by molar-refractivity contribution is 6.40. The van der Waals surface area contributed by atoms with Crippen molar-refractivity contribution in [3.05, 3.63) is 24.2 Å². The van der Waals surface area contributed by atoms with Gasteiger partial charge in [0, 0.05) is 19.5 Å². The number of oxime groups is 1. The maximum absolute atomic E-state index is 12.8. The fraction of sp³-hybridized carbons (Fsp3) is 0.667. The van der Waals surface area contributed by atoms with Crippen LogP contribution in [-0.2, 0) is 21.0 Å². The van der Waals surface area contributed by atoms with Gasteiger partial charge in [-0.1, -0.05) is 18.5 Å². The van der Waals surface area contributed by atoms with Crippen molar-refractivity contribution in [3.63, 3.8) is 0 Å². The van der Waals surface area contributed by atoms with Crippen LogP contribution < -0.4 is 5.32 Å². The van der Waals surface area contributed by atoms with Gasteiger partial charge in [-0.25, -0.2) is 0 Å². The number of nitrogens with zero attached hydrogens (tertiary/aromatic N) is 2. The van der Waals surface area contributed by atoms with Gasteiger partial charge in [-0.15, -0.1) is 0 Å². The van der Waals surface area contributed by atoms with Crippen molar-refractivity contribution in [3.8, 4) is 0 Å². The molecule has 0 bridgehead atoms. The Bertz CT molecular complexity index is 735. The Kier molecular flexibility index (Phi) is 5.42. The molecule has 2 fully saturated rings. The third-order valence-corrected chi connectivity index (χ3v) is 6.63. The first-order valence-electron chi connectivity index (χ1n) is 10.4. The van der Waals surface area contributed by atoms with Crippen LogP contribution >= 0.6 is 0 Å². The van der Waals surface area contributed by atoms with Crippen LogP contribution in [0.25, 0.3) is 0 Å². The van der Waals surface area contributed by atoms with E-state index in [-0.39, 0.29) is 29.3 Å². The minimum Gasteiger partial charge on any atom is -0.467 e. The predicted octanol–water partition coefficient (Wildman–Crippen LogP) is 2.86. The number of carbonyl (C=O) groups excluding carboxylic acids is 2. The van der Waals surface area contributed by atoms with E-state index < -0.39 is 0 Å². The van der Waals surface area contributed by atoms with Crippen LogP contribution in [-0.4, -0.2) is 41.6 Å². The van der Waals surface area contributed by atoms with Gasteiger partial charge in [-0.2, -0.15) is 0 Å². The Hall–Kier alpha value is -2.31. The Labute approximate surface area is 165 Å². The number of amides is 2. The van der Waals surface area contributed by atoms with E-state index in [0.29, 0.717) is 24.4 Å². The Morgan fingerprint density at radius 3 is 2.86 bits per heavy atom. The molecule has 0 unspecified atom stereocenters. The summed E-state index contributed by atoms with van der Waals surface area (Å²) in [6.07, 6.45) is 8.00. The van der Waals surface area contributed by atoms with Crippen molar-refractivity contribution in [1.29, 1.82) is 0 Å². The third kappa shape index (κ3) is 3.54. The van der Waals surface area contributed by atoms with Crippen LogP contribution in [0.2, 0.25) is 0 Å². The summed E-state index contributed by atoms with van der Waals surface area (Å²) in [6.45, 7) is 3.99. The van der Waals surface area contributed by atoms with Crippen molar-refractivity contribution < 1.29 is 18.8 Å². The lowest BCUT2D eigenvalue weighted by atomic mass is 9.68. The van der Waals surface area contributed by atoms with E-state index in [2.05, 4.69) is 17.4 Å². The average Bonchev–Trinajstić information content (AvgIpc) is 3.44. The molecule has 2 amide bonds. The molecule has 4 rings (SSSR count). The number of nitrogens with one attached hydrogen (secondary N) is 1. The first-order chi connectivity index (χ1) is 13.6. The van der Waals surface area contributed by atoms with E-state index in [1.54, 1.807) is 12.3 Å². The van der Waals surface area contributed by atoms with Crippen molar-refractivity contribution in [2.45, 2.75) is 64.5 Å². The predicted molar refractivity (Wildman–Crippen MR) is 103 cm³/mol. The number of hydrogen-bond donors (Lipinski definition) is 1. The van der Waals surface area contributed by atoms with E-state index in [1.807, 2.05) is 11.0 Å². The molecule has 1 N–H and O–H groups in total. The average molecular weight is 387 g/mol. The lowest BCUT2D eigenvalue weighted by molar-refractivity contribution is -0.134. The van der Waals surface area contributed by atoms with Gasteiger partial charge in [0.25, 0.3) is 5.91 Å². The van der Waals surface area contributed by atoms with Crippen LogP contribution in [0.4, 0.5) is 0 Å². The minimum absolute atomic E-state index is 0.00768. The smallest absolute Gasteiger partial charge is 0.269 e. The van der Waals surface area contributed by atoms with Crippen LogP contribution in [0.15, 0.2) is 28.0 Å². The molecule has 1 aromatic heterocycles. The number of carbonyl (C=O) groups is 2. The van der Waals surface area contributed by atoms with Gasteiger partial charge in [-0.3, -0.25) is 9.59 Å². The molecule has 3 heterocycles. The molecule has 0 aromatic carbocycles. The molecule has 2 aliphatic heterocycles. The SMILES string of the molecule is CCCCC(=O)N1CCC2(CC[C@@H]3ON=C(C(=O)NCc4ccco4)[C@@H]32)CC1. The number of furan rings is 1. The summed E-state index contributed by atoms with van der Waals surface area (Å²) in [5.41, 5.74) is 0.531. The molecular weight excluding hydrogens is 358 g/mol. The minimum atomic E-state index is -0.174. The summed E-state index contributed by atoms with van der Waals surface area (Å²) < 4.78 is 5.28. The van der Waals surface area contributed by atoms with Crippen LogP contribution in [0.3, 0.4) is 0 Å². The van der Waals surface area contributed by atoms with E-state index in [1.165, 1.54) is 0 Å². The summed E-state index contributed by atoms with van der Waals surface area (Å²) in [7, 11) is 0. The summed E-state index contributed by atoms with van der Waals surface area (Å²) >= 11 is 0. The fourth-order valence-corrected chi connectivity index (χ4v) is 5.01. The summed E-state index contributed by atoms with van der Waals surface area (Å²) in [6, 6.07) is 3.63. The van der Waals surface area contributed by atoms with Crippen LogP contribution in [0, 0.1) is 11.3 Å². The summed E-state index contributed by atoms with van der Waals surface area (Å²) in [5, 5.41) is 7.06. The zero-order valence-electron chi connectivity index (χ0n) is 16.5. The maximum atomic E-state index is 12.8. The van der Waals surface area contributed by atoms with Crippen molar-refractivity contribution in [2.75, 3.05) is 13.1 Å². The fourth-order valence-electron chi connectivity index (χ4n) is 5.01. The Morgan fingerprint density at radius 1 is 1.32 bits per heavy atom. The third-order valence-electron chi connectivity index (χ3n) is 6.63. The quantitative estimate of drug-likeness (QED) is 0.813. The molecule has 152 valence electrons. The molecule has 3 aliphatic rings. The molecule has 7 heteroatoms. The zero-order chi connectivity index (χ0) is 19.6. The highest BCUT2D eigenvalue weighted by atomic mass is 16.6. The monoisotopic (exact) mass is 387 g/mol. The Balaban J connectivity index is 1.39. The number of likely N-dealkylation sites (tertiary alicyclic amines) is 1. The molecule has 1 saturated carbocycles. The second kappa shape index (κ2) is 7.97. The van der Waals surface area contributed by atoms with Crippen LogP contribution in [0.5, 0.6) is 0 Å². The molecule has 1 saturated heterocycles. The first kappa shape index (κ1) is 19.0. The number of unbranched alkanes of at least 4 members (excludes halogenated alkanes) is 1. The molecule has 1 spiro atoms. The molecule has 1 aliphatic carbocycles. The normalized spacial score (nSPS) is 25.3. The summed E-state index contributed by atoms with van der Waals surface area (Å²) in [5.74, 6) is 0.826. The molecule has 2 atom stereocenters. The highest BCUT2D eigenvalue weighted by Crippen LogP contribution is 2.54. The van der Waals surface area contributed by atoms with Crippen molar-refractivity contribution in [2.24, 2.45) is 16.5 Å². The Morgan fingerprint density at radius 2 is 2.14 bits per heavy atom. The lowest BCUT2D eigenvalue weighted by Gasteiger charge is -2.42. The zero-order valence-corrected chi connectivity index (χ0v) is 16.5. The largest absolute Gasteiger partial charge is 0.467 e. The van der Waals surface area contributed by atoms with Gasteiger partial charge in [-0.05, 0) is 49.7 Å². The van der Waals surface area contributed by atoms with Crippen LogP contribution in [0.1, 0.15) is 57.6 Å². The second-order valence-electron chi connectivity index (χ2n) is 8.25. The van der Waals surface area contributed by atoms with E-state index in [4.69, 9.17) is 9.25 Å².